The molecule has 104 valence electrons. The highest BCUT2D eigenvalue weighted by atomic mass is 79.9. The Bertz CT molecular complexity index is 743. The lowest BCUT2D eigenvalue weighted by molar-refractivity contribution is -0.385. The number of hydrogen-bond acceptors (Lipinski definition) is 3. The van der Waals surface area contributed by atoms with Crippen LogP contribution >= 0.6 is 15.9 Å². The summed E-state index contributed by atoms with van der Waals surface area (Å²) in [5, 5.41) is 10.9. The van der Waals surface area contributed by atoms with Gasteiger partial charge in [0.1, 0.15) is 5.82 Å². The number of benzene rings is 1. The van der Waals surface area contributed by atoms with Crippen LogP contribution in [0.2, 0.25) is 0 Å². The summed E-state index contributed by atoms with van der Waals surface area (Å²) in [6, 6.07) is 4.84. The number of nitrogens with zero attached hydrogens (tertiary/aromatic N) is 2. The van der Waals surface area contributed by atoms with Crippen molar-refractivity contribution in [2.45, 2.75) is 13.5 Å². The predicted octanol–water partition coefficient (Wildman–Crippen LogP) is 3.01. The van der Waals surface area contributed by atoms with Crippen molar-refractivity contribution < 1.29 is 9.31 Å². The molecule has 0 fully saturated rings. The first-order valence-electron chi connectivity index (χ1n) is 5.68. The third kappa shape index (κ3) is 2.93. The molecule has 0 aliphatic rings. The molecule has 1 aromatic heterocycles. The molecule has 7 heteroatoms. The molecule has 0 bridgehead atoms. The van der Waals surface area contributed by atoms with Crippen LogP contribution in [0.15, 0.2) is 39.7 Å². The molecule has 0 spiro atoms. The van der Waals surface area contributed by atoms with Crippen molar-refractivity contribution in [3.8, 4) is 0 Å². The standard InChI is InChI=1S/C13H10BrFN2O3/c1-8-4-10(14)7-16(13(8)18)6-9-5-11(15)2-3-12(9)17(19)20/h2-5,7H,6H2,1H3. The molecule has 2 rings (SSSR count). The molecular weight excluding hydrogens is 331 g/mol. The van der Waals surface area contributed by atoms with Gasteiger partial charge in [-0.1, -0.05) is 0 Å². The van der Waals surface area contributed by atoms with Crippen LogP contribution in [-0.4, -0.2) is 9.49 Å². The van der Waals surface area contributed by atoms with Crippen LogP contribution in [0.4, 0.5) is 10.1 Å². The lowest BCUT2D eigenvalue weighted by atomic mass is 10.1. The van der Waals surface area contributed by atoms with E-state index in [1.54, 1.807) is 13.0 Å². The average molecular weight is 341 g/mol. The lowest BCUT2D eigenvalue weighted by Gasteiger charge is -2.08. The molecule has 20 heavy (non-hydrogen) atoms. The van der Waals surface area contributed by atoms with Gasteiger partial charge in [-0.25, -0.2) is 4.39 Å². The van der Waals surface area contributed by atoms with Crippen molar-refractivity contribution in [3.05, 3.63) is 72.3 Å². The Balaban J connectivity index is 2.52. The van der Waals surface area contributed by atoms with Gasteiger partial charge in [0.25, 0.3) is 11.2 Å². The largest absolute Gasteiger partial charge is 0.309 e. The Morgan fingerprint density at radius 2 is 2.10 bits per heavy atom. The number of pyridine rings is 1. The Morgan fingerprint density at radius 1 is 1.40 bits per heavy atom. The molecule has 0 atom stereocenters. The number of nitro groups is 1. The van der Waals surface area contributed by atoms with Gasteiger partial charge in [0.2, 0.25) is 0 Å². The van der Waals surface area contributed by atoms with Gasteiger partial charge in [0.05, 0.1) is 17.0 Å². The highest BCUT2D eigenvalue weighted by Gasteiger charge is 2.15. The second-order valence-electron chi connectivity index (χ2n) is 4.30. The lowest BCUT2D eigenvalue weighted by Crippen LogP contribution is -2.22. The molecule has 1 aromatic carbocycles. The van der Waals surface area contributed by atoms with Gasteiger partial charge in [0.15, 0.2) is 0 Å². The van der Waals surface area contributed by atoms with Crippen LogP contribution in [0.3, 0.4) is 0 Å². The summed E-state index contributed by atoms with van der Waals surface area (Å²) in [6.45, 7) is 1.58. The summed E-state index contributed by atoms with van der Waals surface area (Å²) in [7, 11) is 0. The van der Waals surface area contributed by atoms with E-state index in [0.717, 1.165) is 18.2 Å². The van der Waals surface area contributed by atoms with Gasteiger partial charge in [-0.3, -0.25) is 14.9 Å². The highest BCUT2D eigenvalue weighted by molar-refractivity contribution is 9.10. The number of aryl methyl sites for hydroxylation is 1. The van der Waals surface area contributed by atoms with E-state index in [9.17, 15) is 19.3 Å². The molecule has 0 radical (unpaired) electrons. The Kier molecular flexibility index (Phi) is 3.99. The minimum atomic E-state index is -0.593. The summed E-state index contributed by atoms with van der Waals surface area (Å²) < 4.78 is 15.2. The molecule has 0 saturated carbocycles. The number of nitro benzene ring substituents is 1. The molecule has 0 aliphatic heterocycles. The van der Waals surface area contributed by atoms with Crippen LogP contribution < -0.4 is 5.56 Å². The van der Waals surface area contributed by atoms with Gasteiger partial charge >= 0.3 is 0 Å². The van der Waals surface area contributed by atoms with Crippen LogP contribution in [0.5, 0.6) is 0 Å². The van der Waals surface area contributed by atoms with Crippen LogP contribution in [0, 0.1) is 22.9 Å². The van der Waals surface area contributed by atoms with Gasteiger partial charge in [0, 0.05) is 22.3 Å². The average Bonchev–Trinajstić information content (AvgIpc) is 2.35. The maximum atomic E-state index is 13.3. The maximum absolute atomic E-state index is 13.3. The monoisotopic (exact) mass is 340 g/mol. The van der Waals surface area contributed by atoms with Gasteiger partial charge < -0.3 is 4.57 Å². The highest BCUT2D eigenvalue weighted by Crippen LogP contribution is 2.20. The van der Waals surface area contributed by atoms with E-state index < -0.39 is 10.7 Å². The van der Waals surface area contributed by atoms with E-state index in [4.69, 9.17) is 0 Å². The van der Waals surface area contributed by atoms with Crippen LogP contribution in [-0.2, 0) is 6.54 Å². The summed E-state index contributed by atoms with van der Waals surface area (Å²) in [5.74, 6) is -0.578. The van der Waals surface area contributed by atoms with Crippen molar-refractivity contribution in [3.63, 3.8) is 0 Å². The summed E-state index contributed by atoms with van der Waals surface area (Å²) in [5.41, 5.74) is 0.163. The van der Waals surface area contributed by atoms with Gasteiger partial charge in [-0.2, -0.15) is 0 Å². The van der Waals surface area contributed by atoms with Crippen LogP contribution in [0.25, 0.3) is 0 Å². The van der Waals surface area contributed by atoms with Crippen molar-refractivity contribution in [2.24, 2.45) is 0 Å². The van der Waals surface area contributed by atoms with Crippen molar-refractivity contribution in [1.29, 1.82) is 0 Å². The van der Waals surface area contributed by atoms with E-state index in [1.165, 1.54) is 10.8 Å². The zero-order valence-electron chi connectivity index (χ0n) is 10.5. The molecule has 0 unspecified atom stereocenters. The third-order valence-electron chi connectivity index (χ3n) is 2.81. The fraction of sp³-hybridized carbons (Fsp3) is 0.154. The quantitative estimate of drug-likeness (QED) is 0.637. The second kappa shape index (κ2) is 5.54. The smallest absolute Gasteiger partial charge is 0.274 e. The Hall–Kier alpha value is -2.02. The molecule has 2 aromatic rings. The first-order chi connectivity index (χ1) is 9.38. The zero-order valence-corrected chi connectivity index (χ0v) is 12.1. The first-order valence-corrected chi connectivity index (χ1v) is 6.47. The van der Waals surface area contributed by atoms with E-state index in [-0.39, 0.29) is 23.4 Å². The molecule has 0 amide bonds. The fourth-order valence-electron chi connectivity index (χ4n) is 1.90. The Morgan fingerprint density at radius 3 is 2.75 bits per heavy atom. The predicted molar refractivity (Wildman–Crippen MR) is 75.3 cm³/mol. The minimum Gasteiger partial charge on any atom is -0.309 e. The fourth-order valence-corrected chi connectivity index (χ4v) is 2.49. The molecule has 0 aliphatic carbocycles. The second-order valence-corrected chi connectivity index (χ2v) is 5.22. The first kappa shape index (κ1) is 14.4. The molecule has 0 N–H and O–H groups in total. The Labute approximate surface area is 121 Å². The van der Waals surface area contributed by atoms with E-state index in [0.29, 0.717) is 10.0 Å². The topological polar surface area (TPSA) is 65.1 Å². The number of rotatable bonds is 3. The SMILES string of the molecule is Cc1cc(Br)cn(Cc2cc(F)ccc2[N+](=O)[O-])c1=O. The molecular formula is C13H10BrFN2O3. The molecule has 0 saturated heterocycles. The number of halogens is 2. The van der Waals surface area contributed by atoms with E-state index in [1.807, 2.05) is 0 Å². The van der Waals surface area contributed by atoms with Gasteiger partial charge in [-0.15, -0.1) is 0 Å². The number of aromatic nitrogens is 1. The summed E-state index contributed by atoms with van der Waals surface area (Å²) in [6.07, 6.45) is 1.52. The van der Waals surface area contributed by atoms with Gasteiger partial charge in [-0.05, 0) is 41.1 Å². The normalized spacial score (nSPS) is 10.6. The maximum Gasteiger partial charge on any atom is 0.274 e. The van der Waals surface area contributed by atoms with Crippen LogP contribution in [0.1, 0.15) is 11.1 Å². The molecule has 5 nitrogen and oxygen atoms in total. The van der Waals surface area contributed by atoms with E-state index >= 15 is 0 Å². The summed E-state index contributed by atoms with van der Waals surface area (Å²) in [4.78, 5) is 22.3. The third-order valence-corrected chi connectivity index (χ3v) is 3.24. The zero-order chi connectivity index (χ0) is 14.9. The summed E-state index contributed by atoms with van der Waals surface area (Å²) >= 11 is 3.25. The van der Waals surface area contributed by atoms with E-state index in [2.05, 4.69) is 15.9 Å². The minimum absolute atomic E-state index is 0.0623. The van der Waals surface area contributed by atoms with Crippen molar-refractivity contribution >= 4 is 21.6 Å². The molecule has 1 heterocycles. The number of hydrogen-bond donors (Lipinski definition) is 0. The van der Waals surface area contributed by atoms with Crippen molar-refractivity contribution in [1.82, 2.24) is 4.57 Å². The van der Waals surface area contributed by atoms with Crippen molar-refractivity contribution in [2.75, 3.05) is 0 Å².